The molecular formula is C30H29ClN6O2. The third-order valence-corrected chi connectivity index (χ3v) is 7.65. The number of hydrogen-bond donors (Lipinski definition) is 1. The van der Waals surface area contributed by atoms with Crippen LogP contribution in [-0.4, -0.2) is 51.2 Å². The molecule has 0 spiro atoms. The third-order valence-electron chi connectivity index (χ3n) is 7.33. The number of para-hydroxylation sites is 1. The van der Waals surface area contributed by atoms with Gasteiger partial charge in [-0.3, -0.25) is 19.3 Å². The normalized spacial score (nSPS) is 15.5. The number of piperazine rings is 1. The van der Waals surface area contributed by atoms with Crippen molar-refractivity contribution in [2.45, 2.75) is 32.7 Å². The van der Waals surface area contributed by atoms with Crippen molar-refractivity contribution >= 4 is 39.8 Å². The lowest BCUT2D eigenvalue weighted by atomic mass is 9.99. The second kappa shape index (κ2) is 10.4. The van der Waals surface area contributed by atoms with Crippen LogP contribution in [-0.2, 0) is 4.79 Å². The van der Waals surface area contributed by atoms with Gasteiger partial charge in [0.05, 0.1) is 29.7 Å². The summed E-state index contributed by atoms with van der Waals surface area (Å²) in [5.74, 6) is 0.0145. The second-order valence-electron chi connectivity index (χ2n) is 10.0. The molecule has 0 saturated carbocycles. The van der Waals surface area contributed by atoms with Crippen LogP contribution in [0.1, 0.15) is 32.3 Å². The van der Waals surface area contributed by atoms with Crippen LogP contribution >= 0.6 is 11.6 Å². The van der Waals surface area contributed by atoms with Gasteiger partial charge in [0.25, 0.3) is 11.2 Å². The van der Waals surface area contributed by atoms with Gasteiger partial charge in [0, 0.05) is 53.4 Å². The maximum atomic E-state index is 14.3. The SMILES string of the molecule is [C-]#[N+]c1c(N2CCN(C(=O)C=C)C[C@@H]2C)c2cc(Cl)c(-c3cn[nH]c3)cc2n(-c2ccccc2C(C)C)c1=O. The molecule has 8 nitrogen and oxygen atoms in total. The highest BCUT2D eigenvalue weighted by Gasteiger charge is 2.31. The topological polar surface area (TPSA) is 78.6 Å². The van der Waals surface area contributed by atoms with E-state index in [9.17, 15) is 9.59 Å². The van der Waals surface area contributed by atoms with Gasteiger partial charge in [0.2, 0.25) is 5.91 Å². The molecule has 1 N–H and O–H groups in total. The highest BCUT2D eigenvalue weighted by Crippen LogP contribution is 2.42. The van der Waals surface area contributed by atoms with E-state index in [1.165, 1.54) is 6.08 Å². The minimum absolute atomic E-state index is 0.0311. The summed E-state index contributed by atoms with van der Waals surface area (Å²) in [7, 11) is 0. The molecule has 0 radical (unpaired) electrons. The van der Waals surface area contributed by atoms with Crippen LogP contribution in [0.15, 0.2) is 66.2 Å². The molecule has 1 aliphatic rings. The number of nitrogens with one attached hydrogen (secondary N) is 1. The summed E-state index contributed by atoms with van der Waals surface area (Å²) < 4.78 is 1.64. The average Bonchev–Trinajstić information content (AvgIpc) is 3.47. The van der Waals surface area contributed by atoms with E-state index in [2.05, 4.69) is 40.4 Å². The molecule has 0 unspecified atom stereocenters. The van der Waals surface area contributed by atoms with Gasteiger partial charge in [-0.25, -0.2) is 4.85 Å². The van der Waals surface area contributed by atoms with Crippen molar-refractivity contribution in [2.75, 3.05) is 24.5 Å². The van der Waals surface area contributed by atoms with Crippen LogP contribution in [0.4, 0.5) is 11.4 Å². The summed E-state index contributed by atoms with van der Waals surface area (Å²) in [5.41, 5.74) is 4.07. The lowest BCUT2D eigenvalue weighted by molar-refractivity contribution is -0.126. The molecule has 39 heavy (non-hydrogen) atoms. The van der Waals surface area contributed by atoms with Crippen LogP contribution < -0.4 is 10.5 Å². The lowest BCUT2D eigenvalue weighted by Crippen LogP contribution is -2.53. The fraction of sp³-hybridized carbons (Fsp3) is 0.267. The summed E-state index contributed by atoms with van der Waals surface area (Å²) in [6.07, 6.45) is 4.75. The van der Waals surface area contributed by atoms with Gasteiger partial charge >= 0.3 is 0 Å². The Labute approximate surface area is 231 Å². The highest BCUT2D eigenvalue weighted by atomic mass is 35.5. The zero-order valence-electron chi connectivity index (χ0n) is 22.1. The molecule has 9 heteroatoms. The van der Waals surface area contributed by atoms with E-state index < -0.39 is 5.56 Å². The summed E-state index contributed by atoms with van der Waals surface area (Å²) in [6.45, 7) is 19.2. The van der Waals surface area contributed by atoms with E-state index in [0.29, 0.717) is 41.2 Å². The maximum absolute atomic E-state index is 14.3. The van der Waals surface area contributed by atoms with Crippen LogP contribution in [0.3, 0.4) is 0 Å². The number of rotatable bonds is 5. The van der Waals surface area contributed by atoms with E-state index in [1.54, 1.807) is 21.9 Å². The smallest absolute Gasteiger partial charge is 0.274 e. The number of aromatic nitrogens is 3. The van der Waals surface area contributed by atoms with Gasteiger partial charge in [-0.15, -0.1) is 0 Å². The monoisotopic (exact) mass is 540 g/mol. The molecule has 1 amide bonds. The van der Waals surface area contributed by atoms with Crippen LogP contribution in [0, 0.1) is 6.57 Å². The van der Waals surface area contributed by atoms with Crippen molar-refractivity contribution in [3.63, 3.8) is 0 Å². The predicted molar refractivity (Wildman–Crippen MR) is 156 cm³/mol. The Morgan fingerprint density at radius 2 is 2.05 bits per heavy atom. The highest BCUT2D eigenvalue weighted by molar-refractivity contribution is 6.34. The molecule has 5 rings (SSSR count). The van der Waals surface area contributed by atoms with Crippen molar-refractivity contribution < 1.29 is 4.79 Å². The number of pyridine rings is 1. The van der Waals surface area contributed by atoms with E-state index in [-0.39, 0.29) is 23.6 Å². The first-order valence-electron chi connectivity index (χ1n) is 12.8. The molecule has 1 atom stereocenters. The summed E-state index contributed by atoms with van der Waals surface area (Å²) in [6, 6.07) is 11.4. The molecule has 1 fully saturated rings. The molecule has 1 saturated heterocycles. The molecule has 4 aromatic rings. The van der Waals surface area contributed by atoms with Gasteiger partial charge in [-0.05, 0) is 42.7 Å². The van der Waals surface area contributed by atoms with Crippen LogP contribution in [0.2, 0.25) is 5.02 Å². The Hall–Kier alpha value is -4.35. The second-order valence-corrected chi connectivity index (χ2v) is 10.4. The average molecular weight is 541 g/mol. The van der Waals surface area contributed by atoms with E-state index in [4.69, 9.17) is 18.2 Å². The zero-order valence-corrected chi connectivity index (χ0v) is 22.9. The maximum Gasteiger partial charge on any atom is 0.274 e. The Morgan fingerprint density at radius 3 is 2.69 bits per heavy atom. The fourth-order valence-corrected chi connectivity index (χ4v) is 5.70. The Kier molecular flexibility index (Phi) is 7.02. The van der Waals surface area contributed by atoms with Gasteiger partial charge in [0.15, 0.2) is 0 Å². The molecule has 3 heterocycles. The van der Waals surface area contributed by atoms with Crippen LogP contribution in [0.5, 0.6) is 0 Å². The van der Waals surface area contributed by atoms with Gasteiger partial charge in [0.1, 0.15) is 0 Å². The van der Waals surface area contributed by atoms with E-state index >= 15 is 0 Å². The standard InChI is InChI=1S/C30H29ClN6O2/c1-6-27(38)35-11-12-36(19(4)17-35)29-23-13-24(31)22(20-15-33-34-16-20)14-26(23)37(30(39)28(29)32-5)25-10-8-7-9-21(25)18(2)3/h6-10,13-16,18-19H,1,11-12,17H2,2-4H3,(H,33,34)/t19-/m0/s1. The largest absolute Gasteiger partial charge is 0.373 e. The first-order valence-corrected chi connectivity index (χ1v) is 13.2. The van der Waals surface area contributed by atoms with Gasteiger partial charge in [-0.1, -0.05) is 50.2 Å². The molecule has 1 aliphatic heterocycles. The van der Waals surface area contributed by atoms with Crippen molar-refractivity contribution in [1.29, 1.82) is 0 Å². The number of hydrogen-bond acceptors (Lipinski definition) is 4. The molecule has 2 aromatic heterocycles. The predicted octanol–water partition coefficient (Wildman–Crippen LogP) is 5.93. The number of benzene rings is 2. The number of anilines is 1. The molecule has 0 bridgehead atoms. The van der Waals surface area contributed by atoms with Gasteiger partial charge < -0.3 is 9.80 Å². The Morgan fingerprint density at radius 1 is 1.28 bits per heavy atom. The number of halogens is 1. The Balaban J connectivity index is 1.85. The number of carbonyl (C=O) groups is 1. The van der Waals surface area contributed by atoms with Gasteiger partial charge in [-0.2, -0.15) is 5.10 Å². The summed E-state index contributed by atoms with van der Waals surface area (Å²) in [4.78, 5) is 34.1. The number of aromatic amines is 1. The van der Waals surface area contributed by atoms with Crippen molar-refractivity contribution in [1.82, 2.24) is 19.7 Å². The minimum atomic E-state index is -0.391. The summed E-state index contributed by atoms with van der Waals surface area (Å²) in [5, 5.41) is 8.08. The number of amides is 1. The lowest BCUT2D eigenvalue weighted by Gasteiger charge is -2.42. The van der Waals surface area contributed by atoms with E-state index in [1.807, 2.05) is 43.3 Å². The molecule has 198 valence electrons. The van der Waals surface area contributed by atoms with Crippen molar-refractivity contribution in [2.24, 2.45) is 0 Å². The van der Waals surface area contributed by atoms with Crippen molar-refractivity contribution in [3.05, 3.63) is 93.8 Å². The Bertz CT molecular complexity index is 1680. The third kappa shape index (κ3) is 4.49. The number of fused-ring (bicyclic) bond motifs is 1. The number of nitrogens with zero attached hydrogens (tertiary/aromatic N) is 5. The first-order chi connectivity index (χ1) is 18.8. The number of H-pyrrole nitrogens is 1. The van der Waals surface area contributed by atoms with E-state index in [0.717, 1.165) is 22.4 Å². The van der Waals surface area contributed by atoms with Crippen molar-refractivity contribution in [3.8, 4) is 16.8 Å². The fourth-order valence-electron chi connectivity index (χ4n) is 5.43. The molecule has 0 aliphatic carbocycles. The quantitative estimate of drug-likeness (QED) is 0.251. The molecule has 2 aromatic carbocycles. The first kappa shape index (κ1) is 26.3. The van der Waals surface area contributed by atoms with Crippen LogP contribution in [0.25, 0.3) is 32.6 Å². The summed E-state index contributed by atoms with van der Waals surface area (Å²) >= 11 is 6.85. The zero-order chi connectivity index (χ0) is 27.8. The minimum Gasteiger partial charge on any atom is -0.373 e. The molecular weight excluding hydrogens is 512 g/mol. The number of carbonyl (C=O) groups excluding carboxylic acids is 1.